The molecule has 2 rings (SSSR count). The first-order chi connectivity index (χ1) is 8.58. The minimum absolute atomic E-state index is 0.0445. The number of Topliss-reactive ketones (excluding diaryl/α,β-unsaturated/α-hetero) is 1. The third-order valence-corrected chi connectivity index (χ3v) is 3.86. The number of aliphatic carboxylic acids is 1. The summed E-state index contributed by atoms with van der Waals surface area (Å²) in [6, 6.07) is 5.77. The Hall–Kier alpha value is -1.16. The van der Waals surface area contributed by atoms with Crippen molar-refractivity contribution < 1.29 is 14.7 Å². The Bertz CT molecular complexity index is 482. The van der Waals surface area contributed by atoms with Gasteiger partial charge in [-0.15, -0.1) is 0 Å². The van der Waals surface area contributed by atoms with Crippen molar-refractivity contribution in [3.8, 4) is 0 Å². The Labute approximate surface area is 114 Å². The number of carboxylic acid groups (broad SMARTS) is 1. The summed E-state index contributed by atoms with van der Waals surface area (Å²) in [5.41, 5.74) is 1.94. The molecule has 1 aliphatic rings. The van der Waals surface area contributed by atoms with Gasteiger partial charge in [-0.3, -0.25) is 9.59 Å². The lowest BCUT2D eigenvalue weighted by atomic mass is 9.97. The van der Waals surface area contributed by atoms with E-state index in [2.05, 4.69) is 15.9 Å². The molecule has 1 aromatic rings. The Morgan fingerprint density at radius 2 is 2.17 bits per heavy atom. The number of ketones is 1. The number of carbonyl (C=O) groups is 2. The van der Waals surface area contributed by atoms with Gasteiger partial charge in [0.05, 0.1) is 0 Å². The first kappa shape index (κ1) is 13.3. The van der Waals surface area contributed by atoms with Crippen molar-refractivity contribution in [3.63, 3.8) is 0 Å². The summed E-state index contributed by atoms with van der Waals surface area (Å²) >= 11 is 3.41. The molecule has 0 bridgehead atoms. The van der Waals surface area contributed by atoms with E-state index in [-0.39, 0.29) is 18.1 Å². The summed E-state index contributed by atoms with van der Waals surface area (Å²) in [6.07, 6.45) is 3.23. The predicted molar refractivity (Wildman–Crippen MR) is 71.8 cm³/mol. The molecule has 4 heteroatoms. The average Bonchev–Trinajstić information content (AvgIpc) is 2.61. The van der Waals surface area contributed by atoms with Crippen LogP contribution in [0.25, 0.3) is 0 Å². The maximum atomic E-state index is 12.1. The third-order valence-electron chi connectivity index (χ3n) is 3.36. The zero-order valence-corrected chi connectivity index (χ0v) is 11.6. The zero-order valence-electron chi connectivity index (χ0n) is 9.99. The van der Waals surface area contributed by atoms with E-state index in [4.69, 9.17) is 5.11 Å². The Morgan fingerprint density at radius 1 is 1.39 bits per heavy atom. The fourth-order valence-electron chi connectivity index (χ4n) is 2.45. The largest absolute Gasteiger partial charge is 0.481 e. The maximum Gasteiger partial charge on any atom is 0.303 e. The van der Waals surface area contributed by atoms with Crippen LogP contribution in [0.3, 0.4) is 0 Å². The lowest BCUT2D eigenvalue weighted by molar-refractivity contribution is -0.137. The number of rotatable bonds is 5. The van der Waals surface area contributed by atoms with E-state index in [0.29, 0.717) is 6.42 Å². The molecular formula is C14H15BrO3. The number of hydrogen-bond donors (Lipinski definition) is 1. The lowest BCUT2D eigenvalue weighted by Gasteiger charge is -2.06. The second-order valence-electron chi connectivity index (χ2n) is 4.71. The van der Waals surface area contributed by atoms with Gasteiger partial charge in [0.1, 0.15) is 0 Å². The van der Waals surface area contributed by atoms with Crippen LogP contribution in [0.15, 0.2) is 22.7 Å². The molecule has 1 aliphatic carbocycles. The molecule has 0 heterocycles. The molecule has 1 aromatic carbocycles. The van der Waals surface area contributed by atoms with E-state index < -0.39 is 5.97 Å². The summed E-state index contributed by atoms with van der Waals surface area (Å²) in [7, 11) is 0. The minimum Gasteiger partial charge on any atom is -0.481 e. The summed E-state index contributed by atoms with van der Waals surface area (Å²) in [6.45, 7) is 0. The van der Waals surface area contributed by atoms with Crippen molar-refractivity contribution in [2.45, 2.75) is 32.1 Å². The van der Waals surface area contributed by atoms with E-state index >= 15 is 0 Å². The molecule has 1 N–H and O–H groups in total. The fraction of sp³-hybridized carbons (Fsp3) is 0.429. The van der Waals surface area contributed by atoms with Crippen LogP contribution in [0.2, 0.25) is 0 Å². The van der Waals surface area contributed by atoms with Gasteiger partial charge in [0.25, 0.3) is 0 Å². The van der Waals surface area contributed by atoms with Crippen LogP contribution < -0.4 is 0 Å². The molecule has 1 atom stereocenters. The highest BCUT2D eigenvalue weighted by molar-refractivity contribution is 9.10. The Kier molecular flexibility index (Phi) is 4.17. The number of unbranched alkanes of at least 4 members (excludes halogenated alkanes) is 1. The van der Waals surface area contributed by atoms with Crippen molar-refractivity contribution >= 4 is 27.7 Å². The first-order valence-corrected chi connectivity index (χ1v) is 6.91. The van der Waals surface area contributed by atoms with Crippen molar-refractivity contribution in [2.24, 2.45) is 5.92 Å². The van der Waals surface area contributed by atoms with Crippen LogP contribution in [-0.4, -0.2) is 16.9 Å². The highest BCUT2D eigenvalue weighted by atomic mass is 79.9. The summed E-state index contributed by atoms with van der Waals surface area (Å²) in [5.74, 6) is -0.504. The number of halogens is 1. The average molecular weight is 311 g/mol. The van der Waals surface area contributed by atoms with Crippen LogP contribution in [0.4, 0.5) is 0 Å². The van der Waals surface area contributed by atoms with Gasteiger partial charge in [-0.05, 0) is 37.0 Å². The Balaban J connectivity index is 1.91. The number of fused-ring (bicyclic) bond motifs is 1. The van der Waals surface area contributed by atoms with Gasteiger partial charge in [0.2, 0.25) is 0 Å². The molecule has 96 valence electrons. The molecular weight excluding hydrogens is 296 g/mol. The third kappa shape index (κ3) is 2.99. The predicted octanol–water partition coefficient (Wildman–Crippen LogP) is 3.45. The van der Waals surface area contributed by atoms with Crippen LogP contribution in [0, 0.1) is 5.92 Å². The molecule has 0 aromatic heterocycles. The van der Waals surface area contributed by atoms with Crippen molar-refractivity contribution in [1.29, 1.82) is 0 Å². The van der Waals surface area contributed by atoms with E-state index in [1.165, 1.54) is 0 Å². The smallest absolute Gasteiger partial charge is 0.303 e. The van der Waals surface area contributed by atoms with E-state index in [9.17, 15) is 9.59 Å². The lowest BCUT2D eigenvalue weighted by Crippen LogP contribution is -2.09. The van der Waals surface area contributed by atoms with Crippen LogP contribution >= 0.6 is 15.9 Å². The molecule has 0 fully saturated rings. The van der Waals surface area contributed by atoms with Crippen molar-refractivity contribution in [3.05, 3.63) is 33.8 Å². The normalized spacial score (nSPS) is 17.8. The first-order valence-electron chi connectivity index (χ1n) is 6.12. The van der Waals surface area contributed by atoms with Gasteiger partial charge < -0.3 is 5.11 Å². The van der Waals surface area contributed by atoms with E-state index in [1.54, 1.807) is 0 Å². The molecule has 0 saturated carbocycles. The zero-order chi connectivity index (χ0) is 13.1. The standard InChI is InChI=1S/C14H15BrO3/c15-11-5-6-12-10(8-11)7-9(14(12)18)3-1-2-4-13(16)17/h5-6,8-9H,1-4,7H2,(H,16,17). The Morgan fingerprint density at radius 3 is 2.89 bits per heavy atom. The van der Waals surface area contributed by atoms with Gasteiger partial charge in [-0.2, -0.15) is 0 Å². The van der Waals surface area contributed by atoms with Gasteiger partial charge in [-0.25, -0.2) is 0 Å². The molecule has 0 radical (unpaired) electrons. The van der Waals surface area contributed by atoms with Crippen molar-refractivity contribution in [2.75, 3.05) is 0 Å². The molecule has 0 saturated heterocycles. The highest BCUT2D eigenvalue weighted by Crippen LogP contribution is 2.31. The van der Waals surface area contributed by atoms with Gasteiger partial charge in [0, 0.05) is 22.4 Å². The maximum absolute atomic E-state index is 12.1. The number of hydrogen-bond acceptors (Lipinski definition) is 2. The van der Waals surface area contributed by atoms with Gasteiger partial charge >= 0.3 is 5.97 Å². The molecule has 1 unspecified atom stereocenters. The quantitative estimate of drug-likeness (QED) is 0.847. The monoisotopic (exact) mass is 310 g/mol. The topological polar surface area (TPSA) is 54.4 Å². The second-order valence-corrected chi connectivity index (χ2v) is 5.62. The minimum atomic E-state index is -0.764. The molecule has 0 aliphatic heterocycles. The second kappa shape index (κ2) is 5.65. The number of carboxylic acids is 1. The van der Waals surface area contributed by atoms with Crippen LogP contribution in [0.5, 0.6) is 0 Å². The number of benzene rings is 1. The van der Waals surface area contributed by atoms with Crippen molar-refractivity contribution in [1.82, 2.24) is 0 Å². The fourth-order valence-corrected chi connectivity index (χ4v) is 2.86. The molecule has 0 amide bonds. The molecule has 0 spiro atoms. The van der Waals surface area contributed by atoms with Crippen LogP contribution in [0.1, 0.15) is 41.6 Å². The molecule has 3 nitrogen and oxygen atoms in total. The SMILES string of the molecule is O=C(O)CCCCC1Cc2cc(Br)ccc2C1=O. The summed E-state index contributed by atoms with van der Waals surface area (Å²) in [4.78, 5) is 22.5. The summed E-state index contributed by atoms with van der Waals surface area (Å²) in [5, 5.41) is 8.56. The summed E-state index contributed by atoms with van der Waals surface area (Å²) < 4.78 is 1.00. The highest BCUT2D eigenvalue weighted by Gasteiger charge is 2.29. The van der Waals surface area contributed by atoms with Gasteiger partial charge in [0.15, 0.2) is 5.78 Å². The van der Waals surface area contributed by atoms with E-state index in [0.717, 1.165) is 34.9 Å². The number of carbonyl (C=O) groups excluding carboxylic acids is 1. The van der Waals surface area contributed by atoms with Gasteiger partial charge in [-0.1, -0.05) is 28.4 Å². The van der Waals surface area contributed by atoms with Crippen LogP contribution in [-0.2, 0) is 11.2 Å². The molecule has 18 heavy (non-hydrogen) atoms. The van der Waals surface area contributed by atoms with E-state index in [1.807, 2.05) is 18.2 Å².